The van der Waals surface area contributed by atoms with Gasteiger partial charge in [0.2, 0.25) is 0 Å². The first-order valence-electron chi connectivity index (χ1n) is 12.4. The van der Waals surface area contributed by atoms with Gasteiger partial charge >= 0.3 is 0 Å². The van der Waals surface area contributed by atoms with Crippen molar-refractivity contribution in [3.05, 3.63) is 124 Å². The Morgan fingerprint density at radius 3 is 0.972 bits per heavy atom. The summed E-state index contributed by atoms with van der Waals surface area (Å²) >= 11 is 0. The fourth-order valence-corrected chi connectivity index (χ4v) is 5.36. The first kappa shape index (κ1) is 25.4. The molecule has 0 aliphatic rings. The van der Waals surface area contributed by atoms with Gasteiger partial charge in [-0.2, -0.15) is 0 Å². The molecule has 0 atom stereocenters. The number of hydrogen-bond acceptors (Lipinski definition) is 3. The molecule has 0 saturated carbocycles. The van der Waals surface area contributed by atoms with Crippen molar-refractivity contribution in [1.29, 1.82) is 0 Å². The van der Waals surface area contributed by atoms with Gasteiger partial charge in [0.05, 0.1) is 0 Å². The van der Waals surface area contributed by atoms with E-state index in [1.165, 1.54) is 16.7 Å². The zero-order valence-corrected chi connectivity index (χ0v) is 22.0. The number of benzene rings is 4. The summed E-state index contributed by atoms with van der Waals surface area (Å²) < 4.78 is 0. The second-order valence-corrected chi connectivity index (χ2v) is 11.2. The van der Waals surface area contributed by atoms with E-state index in [1.807, 2.05) is 36.4 Å². The molecule has 3 heteroatoms. The minimum Gasteiger partial charge on any atom is -0.508 e. The summed E-state index contributed by atoms with van der Waals surface area (Å²) in [6.07, 6.45) is 0. The van der Waals surface area contributed by atoms with Crippen LogP contribution in [0.3, 0.4) is 0 Å². The molecule has 0 aromatic heterocycles. The quantitative estimate of drug-likeness (QED) is 0.264. The van der Waals surface area contributed by atoms with Crippen molar-refractivity contribution in [3.63, 3.8) is 0 Å². The Bertz CT molecular complexity index is 1270. The minimum atomic E-state index is -0.387. The van der Waals surface area contributed by atoms with E-state index in [0.29, 0.717) is 0 Å². The maximum atomic E-state index is 9.96. The fourth-order valence-electron chi connectivity index (χ4n) is 5.36. The molecule has 0 amide bonds. The van der Waals surface area contributed by atoms with Gasteiger partial charge in [-0.1, -0.05) is 96.1 Å². The molecule has 0 saturated heterocycles. The van der Waals surface area contributed by atoms with Crippen LogP contribution in [0.2, 0.25) is 0 Å². The summed E-state index contributed by atoms with van der Waals surface area (Å²) in [6.45, 7) is 13.4. The van der Waals surface area contributed by atoms with Gasteiger partial charge in [-0.05, 0) is 69.8 Å². The van der Waals surface area contributed by atoms with Gasteiger partial charge in [-0.3, -0.25) is 0 Å². The number of aromatic hydroxyl groups is 3. The predicted octanol–water partition coefficient (Wildman–Crippen LogP) is 7.78. The average molecular weight is 481 g/mol. The van der Waals surface area contributed by atoms with E-state index < -0.39 is 0 Å². The van der Waals surface area contributed by atoms with E-state index >= 15 is 0 Å². The van der Waals surface area contributed by atoms with Crippen LogP contribution in [0.1, 0.15) is 74.9 Å². The number of phenolic OH excluding ortho intramolecular Hbond substituents is 3. The highest BCUT2D eigenvalue weighted by Gasteiger charge is 2.38. The molecule has 4 aromatic carbocycles. The third kappa shape index (κ3) is 4.46. The molecule has 36 heavy (non-hydrogen) atoms. The SMILES string of the molecule is CC(C)(c1ccc(O)cc1)c1cccc(C(C)(C)c2ccc(O)cc2)c1C(C)(C)c1ccc(O)cc1. The van der Waals surface area contributed by atoms with Gasteiger partial charge in [-0.25, -0.2) is 0 Å². The van der Waals surface area contributed by atoms with Crippen LogP contribution in [-0.4, -0.2) is 15.3 Å². The van der Waals surface area contributed by atoms with Gasteiger partial charge in [-0.15, -0.1) is 0 Å². The monoisotopic (exact) mass is 480 g/mol. The van der Waals surface area contributed by atoms with Crippen LogP contribution in [0.4, 0.5) is 0 Å². The first-order valence-corrected chi connectivity index (χ1v) is 12.4. The Morgan fingerprint density at radius 2 is 0.667 bits per heavy atom. The maximum absolute atomic E-state index is 9.96. The zero-order chi connectivity index (χ0) is 26.3. The molecule has 3 nitrogen and oxygen atoms in total. The van der Waals surface area contributed by atoms with Gasteiger partial charge in [0.1, 0.15) is 17.2 Å². The molecule has 0 aliphatic carbocycles. The lowest BCUT2D eigenvalue weighted by Gasteiger charge is -2.41. The smallest absolute Gasteiger partial charge is 0.115 e. The van der Waals surface area contributed by atoms with Crippen molar-refractivity contribution in [2.45, 2.75) is 57.8 Å². The van der Waals surface area contributed by atoms with Gasteiger partial charge in [0.15, 0.2) is 0 Å². The number of rotatable bonds is 6. The summed E-state index contributed by atoms with van der Waals surface area (Å²) in [5.41, 5.74) is 5.89. The summed E-state index contributed by atoms with van der Waals surface area (Å²) in [5.74, 6) is 0.750. The molecule has 0 fully saturated rings. The molecule has 0 spiro atoms. The first-order chi connectivity index (χ1) is 16.8. The highest BCUT2D eigenvalue weighted by Crippen LogP contribution is 2.47. The molecule has 0 unspecified atom stereocenters. The van der Waals surface area contributed by atoms with E-state index in [9.17, 15) is 15.3 Å². The highest BCUT2D eigenvalue weighted by atomic mass is 16.3. The zero-order valence-electron chi connectivity index (χ0n) is 22.0. The van der Waals surface area contributed by atoms with Crippen LogP contribution in [0.25, 0.3) is 0 Å². The Balaban J connectivity index is 2.03. The third-order valence-electron chi connectivity index (χ3n) is 7.80. The van der Waals surface area contributed by atoms with E-state index in [0.717, 1.165) is 16.7 Å². The second-order valence-electron chi connectivity index (χ2n) is 11.2. The summed E-state index contributed by atoms with van der Waals surface area (Å²) in [5, 5.41) is 29.8. The van der Waals surface area contributed by atoms with Crippen molar-refractivity contribution in [3.8, 4) is 17.2 Å². The Hall–Kier alpha value is -3.72. The van der Waals surface area contributed by atoms with Crippen molar-refractivity contribution >= 4 is 0 Å². The lowest BCUT2D eigenvalue weighted by molar-refractivity contribution is 0.472. The number of phenols is 3. The fraction of sp³-hybridized carbons (Fsp3) is 0.273. The number of hydrogen-bond donors (Lipinski definition) is 3. The molecular formula is C33H36O3. The van der Waals surface area contributed by atoms with Gasteiger partial charge < -0.3 is 15.3 Å². The Kier molecular flexibility index (Phi) is 6.38. The summed E-state index contributed by atoms with van der Waals surface area (Å²) in [4.78, 5) is 0. The van der Waals surface area contributed by atoms with E-state index in [1.54, 1.807) is 36.4 Å². The summed E-state index contributed by atoms with van der Waals surface area (Å²) in [7, 11) is 0. The normalized spacial score (nSPS) is 12.5. The van der Waals surface area contributed by atoms with Crippen molar-refractivity contribution in [1.82, 2.24) is 0 Å². The van der Waals surface area contributed by atoms with Crippen LogP contribution in [0, 0.1) is 0 Å². The minimum absolute atomic E-state index is 0.247. The van der Waals surface area contributed by atoms with Crippen molar-refractivity contribution < 1.29 is 15.3 Å². The largest absolute Gasteiger partial charge is 0.508 e. The lowest BCUT2D eigenvalue weighted by Crippen LogP contribution is -2.33. The highest BCUT2D eigenvalue weighted by molar-refractivity contribution is 5.57. The van der Waals surface area contributed by atoms with Crippen LogP contribution in [-0.2, 0) is 16.2 Å². The lowest BCUT2D eigenvalue weighted by atomic mass is 9.63. The van der Waals surface area contributed by atoms with Gasteiger partial charge in [0.25, 0.3) is 0 Å². The molecule has 4 rings (SSSR count). The van der Waals surface area contributed by atoms with Crippen LogP contribution in [0.15, 0.2) is 91.0 Å². The van der Waals surface area contributed by atoms with E-state index in [4.69, 9.17) is 0 Å². The molecule has 0 radical (unpaired) electrons. The molecule has 0 aliphatic heterocycles. The Labute approximate surface area is 214 Å². The molecule has 0 heterocycles. The van der Waals surface area contributed by atoms with Crippen LogP contribution < -0.4 is 0 Å². The predicted molar refractivity (Wildman–Crippen MR) is 147 cm³/mol. The molecule has 3 N–H and O–H groups in total. The molecule has 0 bridgehead atoms. The van der Waals surface area contributed by atoms with Crippen molar-refractivity contribution in [2.24, 2.45) is 0 Å². The standard InChI is InChI=1S/C33H36O3/c1-31(2,22-10-16-25(34)17-11-22)28-8-7-9-29(32(3,4)23-12-18-26(35)19-13-23)30(28)33(5,6)24-14-20-27(36)21-15-24/h7-21,34-36H,1-6H3. The van der Waals surface area contributed by atoms with Crippen molar-refractivity contribution in [2.75, 3.05) is 0 Å². The summed E-state index contributed by atoms with van der Waals surface area (Å²) in [6, 6.07) is 29.0. The van der Waals surface area contributed by atoms with E-state index in [-0.39, 0.29) is 33.5 Å². The van der Waals surface area contributed by atoms with E-state index in [2.05, 4.69) is 59.7 Å². The topological polar surface area (TPSA) is 60.7 Å². The second kappa shape index (κ2) is 9.05. The molecule has 186 valence electrons. The Morgan fingerprint density at radius 1 is 0.389 bits per heavy atom. The molecular weight excluding hydrogens is 444 g/mol. The molecule has 4 aromatic rings. The average Bonchev–Trinajstić information content (AvgIpc) is 2.84. The third-order valence-corrected chi connectivity index (χ3v) is 7.80. The maximum Gasteiger partial charge on any atom is 0.115 e. The van der Waals surface area contributed by atoms with Crippen LogP contribution in [0.5, 0.6) is 17.2 Å². The van der Waals surface area contributed by atoms with Crippen LogP contribution >= 0.6 is 0 Å². The van der Waals surface area contributed by atoms with Gasteiger partial charge in [0, 0.05) is 16.2 Å².